The summed E-state index contributed by atoms with van der Waals surface area (Å²) in [5.74, 6) is 0. The van der Waals surface area contributed by atoms with Crippen molar-refractivity contribution in [1.29, 1.82) is 0 Å². The van der Waals surface area contributed by atoms with Crippen LogP contribution in [-0.4, -0.2) is 12.4 Å². The molecule has 2 nitrogen and oxygen atoms in total. The lowest BCUT2D eigenvalue weighted by molar-refractivity contribution is 1.35. The molecule has 0 amide bonds. The van der Waals surface area contributed by atoms with Crippen molar-refractivity contribution < 1.29 is 0 Å². The van der Waals surface area contributed by atoms with Crippen LogP contribution >= 0.6 is 0 Å². The van der Waals surface area contributed by atoms with Gasteiger partial charge in [-0.05, 0) is 36.9 Å². The second-order valence-electron chi connectivity index (χ2n) is 4.52. The molecule has 0 heterocycles. The van der Waals surface area contributed by atoms with E-state index in [-0.39, 0.29) is 0 Å². The molecule has 1 aromatic carbocycles. The van der Waals surface area contributed by atoms with Crippen molar-refractivity contribution in [3.05, 3.63) is 72.4 Å². The van der Waals surface area contributed by atoms with Gasteiger partial charge in [-0.2, -0.15) is 0 Å². The highest BCUT2D eigenvalue weighted by Gasteiger charge is 2.20. The number of hydrogen-bond acceptors (Lipinski definition) is 2. The Labute approximate surface area is 120 Å². The van der Waals surface area contributed by atoms with Gasteiger partial charge in [-0.3, -0.25) is 9.98 Å². The van der Waals surface area contributed by atoms with Crippen molar-refractivity contribution in [1.82, 2.24) is 0 Å². The van der Waals surface area contributed by atoms with E-state index in [0.717, 1.165) is 40.2 Å². The fourth-order valence-corrected chi connectivity index (χ4v) is 2.28. The van der Waals surface area contributed by atoms with Crippen molar-refractivity contribution in [2.45, 2.75) is 13.3 Å². The van der Waals surface area contributed by atoms with E-state index < -0.39 is 0 Å². The summed E-state index contributed by atoms with van der Waals surface area (Å²) in [5, 5.41) is 0. The molecule has 1 aliphatic carbocycles. The highest BCUT2D eigenvalue weighted by molar-refractivity contribution is 6.10. The Kier molecular flexibility index (Phi) is 4.26. The fraction of sp³-hybridized carbons (Fsp3) is 0.111. The van der Waals surface area contributed by atoms with Crippen LogP contribution in [0.4, 0.5) is 11.4 Å². The van der Waals surface area contributed by atoms with E-state index in [2.05, 4.69) is 30.9 Å². The molecule has 0 unspecified atom stereocenters. The van der Waals surface area contributed by atoms with Crippen molar-refractivity contribution in [2.75, 3.05) is 0 Å². The zero-order valence-corrected chi connectivity index (χ0v) is 11.8. The number of allylic oxidation sites excluding steroid dienone is 6. The summed E-state index contributed by atoms with van der Waals surface area (Å²) in [6, 6.07) is 7.72. The molecule has 0 spiro atoms. The average molecular weight is 262 g/mol. The molecular formula is C18H18N2. The van der Waals surface area contributed by atoms with Gasteiger partial charge in [0, 0.05) is 12.0 Å². The van der Waals surface area contributed by atoms with Crippen LogP contribution in [0.3, 0.4) is 0 Å². The number of para-hydroxylation sites is 2. The SMILES string of the molecule is C=CC1=C(/C=C\C)C(=C)CC1=Nc1ccccc1N=C. The Morgan fingerprint density at radius 1 is 1.15 bits per heavy atom. The zero-order chi connectivity index (χ0) is 14.5. The minimum Gasteiger partial charge on any atom is -0.262 e. The third-order valence-corrected chi connectivity index (χ3v) is 3.21. The molecule has 0 fully saturated rings. The third kappa shape index (κ3) is 2.59. The van der Waals surface area contributed by atoms with E-state index in [0.29, 0.717) is 0 Å². The third-order valence-electron chi connectivity index (χ3n) is 3.21. The van der Waals surface area contributed by atoms with Crippen LogP contribution in [0.1, 0.15) is 13.3 Å². The van der Waals surface area contributed by atoms with Crippen LogP contribution in [-0.2, 0) is 0 Å². The van der Waals surface area contributed by atoms with Crippen LogP contribution in [0.5, 0.6) is 0 Å². The van der Waals surface area contributed by atoms with E-state index in [1.807, 2.05) is 43.3 Å². The molecule has 0 aliphatic heterocycles. The van der Waals surface area contributed by atoms with Gasteiger partial charge in [-0.1, -0.05) is 43.5 Å². The number of aliphatic imine (C=N–C) groups is 2. The molecule has 2 rings (SSSR count). The summed E-state index contributed by atoms with van der Waals surface area (Å²) in [5.41, 5.74) is 5.83. The molecule has 0 saturated heterocycles. The molecule has 0 atom stereocenters. The maximum absolute atomic E-state index is 4.72. The van der Waals surface area contributed by atoms with Gasteiger partial charge in [0.1, 0.15) is 0 Å². The van der Waals surface area contributed by atoms with E-state index in [1.54, 1.807) is 0 Å². The molecular weight excluding hydrogens is 244 g/mol. The van der Waals surface area contributed by atoms with Gasteiger partial charge in [0.15, 0.2) is 0 Å². The Morgan fingerprint density at radius 2 is 1.85 bits per heavy atom. The van der Waals surface area contributed by atoms with Crippen LogP contribution in [0.2, 0.25) is 0 Å². The van der Waals surface area contributed by atoms with E-state index in [4.69, 9.17) is 4.99 Å². The Morgan fingerprint density at radius 3 is 2.45 bits per heavy atom. The predicted octanol–water partition coefficient (Wildman–Crippen LogP) is 5.11. The Hall–Kier alpha value is -2.48. The summed E-state index contributed by atoms with van der Waals surface area (Å²) >= 11 is 0. The van der Waals surface area contributed by atoms with Crippen LogP contribution in [0, 0.1) is 0 Å². The summed E-state index contributed by atoms with van der Waals surface area (Å²) in [6.07, 6.45) is 6.65. The van der Waals surface area contributed by atoms with Crippen LogP contribution < -0.4 is 0 Å². The van der Waals surface area contributed by atoms with Crippen molar-refractivity contribution in [3.63, 3.8) is 0 Å². The van der Waals surface area contributed by atoms with Crippen molar-refractivity contribution >= 4 is 23.8 Å². The van der Waals surface area contributed by atoms with Gasteiger partial charge in [0.2, 0.25) is 0 Å². The van der Waals surface area contributed by atoms with Crippen molar-refractivity contribution in [2.24, 2.45) is 9.98 Å². The smallest absolute Gasteiger partial charge is 0.0889 e. The van der Waals surface area contributed by atoms with Gasteiger partial charge >= 0.3 is 0 Å². The Bertz CT molecular complexity index is 658. The molecule has 1 aliphatic rings. The first-order valence-electron chi connectivity index (χ1n) is 6.52. The molecule has 0 aromatic heterocycles. The average Bonchev–Trinajstić information content (AvgIpc) is 2.75. The van der Waals surface area contributed by atoms with Gasteiger partial charge in [-0.15, -0.1) is 0 Å². The number of rotatable bonds is 4. The lowest BCUT2D eigenvalue weighted by Crippen LogP contribution is -1.94. The molecule has 0 bridgehead atoms. The first-order chi connectivity index (χ1) is 9.71. The van der Waals surface area contributed by atoms with Gasteiger partial charge in [0.25, 0.3) is 0 Å². The Balaban J connectivity index is 2.53. The first-order valence-corrected chi connectivity index (χ1v) is 6.52. The molecule has 0 saturated carbocycles. The molecule has 20 heavy (non-hydrogen) atoms. The highest BCUT2D eigenvalue weighted by atomic mass is 14.8. The van der Waals surface area contributed by atoms with Gasteiger partial charge in [0.05, 0.1) is 17.1 Å². The lowest BCUT2D eigenvalue weighted by atomic mass is 10.1. The summed E-state index contributed by atoms with van der Waals surface area (Å²) in [7, 11) is 0. The minimum absolute atomic E-state index is 0.743. The van der Waals surface area contributed by atoms with E-state index in [9.17, 15) is 0 Å². The standard InChI is InChI=1S/C18H18N2/c1-5-9-15-13(3)12-18(14(15)6-2)20-17-11-8-7-10-16(17)19-4/h5-11H,2-4,12H2,1H3/b9-5-,20-18?. The first kappa shape index (κ1) is 13.9. The second-order valence-corrected chi connectivity index (χ2v) is 4.52. The van der Waals surface area contributed by atoms with Crippen LogP contribution in [0.25, 0.3) is 0 Å². The lowest BCUT2D eigenvalue weighted by Gasteiger charge is -2.03. The van der Waals surface area contributed by atoms with Gasteiger partial charge in [-0.25, -0.2) is 0 Å². The minimum atomic E-state index is 0.743. The van der Waals surface area contributed by atoms with Crippen LogP contribution in [0.15, 0.2) is 82.4 Å². The molecule has 2 heteroatoms. The quantitative estimate of drug-likeness (QED) is 0.674. The zero-order valence-electron chi connectivity index (χ0n) is 11.8. The summed E-state index contributed by atoms with van der Waals surface area (Å²) in [6.45, 7) is 13.6. The summed E-state index contributed by atoms with van der Waals surface area (Å²) < 4.78 is 0. The molecule has 0 radical (unpaired) electrons. The normalized spacial score (nSPS) is 17.2. The number of nitrogens with zero attached hydrogens (tertiary/aromatic N) is 2. The van der Waals surface area contributed by atoms with E-state index in [1.165, 1.54) is 0 Å². The topological polar surface area (TPSA) is 24.7 Å². The predicted molar refractivity (Wildman–Crippen MR) is 88.5 cm³/mol. The molecule has 1 aromatic rings. The van der Waals surface area contributed by atoms with Crippen molar-refractivity contribution in [3.8, 4) is 0 Å². The maximum Gasteiger partial charge on any atom is 0.0889 e. The maximum atomic E-state index is 4.72. The number of benzene rings is 1. The largest absolute Gasteiger partial charge is 0.262 e. The second kappa shape index (κ2) is 6.11. The van der Waals surface area contributed by atoms with E-state index >= 15 is 0 Å². The number of hydrogen-bond donors (Lipinski definition) is 0. The summed E-state index contributed by atoms with van der Waals surface area (Å²) in [4.78, 5) is 8.73. The fourth-order valence-electron chi connectivity index (χ4n) is 2.28. The molecule has 100 valence electrons. The highest BCUT2D eigenvalue weighted by Crippen LogP contribution is 2.34. The monoisotopic (exact) mass is 262 g/mol. The van der Waals surface area contributed by atoms with Gasteiger partial charge < -0.3 is 0 Å². The molecule has 0 N–H and O–H groups in total.